The number of nitrogens with one attached hydrogen (secondary N) is 2. The highest BCUT2D eigenvalue weighted by atomic mass is 17.3. The van der Waals surface area contributed by atoms with Gasteiger partial charge in [0.1, 0.15) is 5.75 Å². The molecular formula is C24H31N3O7. The van der Waals surface area contributed by atoms with Gasteiger partial charge in [-0.25, -0.2) is 19.6 Å². The number of hydrogen-bond donors (Lipinski definition) is 2. The number of H-pyrrole nitrogens is 1. The summed E-state index contributed by atoms with van der Waals surface area (Å²) in [5.41, 5.74) is 0.807. The molecule has 7 rings (SSSR count). The lowest BCUT2D eigenvalue weighted by Gasteiger charge is -2.60. The van der Waals surface area contributed by atoms with E-state index in [0.717, 1.165) is 31.2 Å². The fraction of sp³-hybridized carbons (Fsp3) is 0.667. The van der Waals surface area contributed by atoms with Gasteiger partial charge in [0, 0.05) is 24.3 Å². The SMILES string of the molecule is COC(=O)Nc1nc2ccc(OC3O[C@@H]4OC5(C)CC[C@H]6[C@H](C)CCC([C@H]3C)[C@@]46OO5)cc2[nH]1. The van der Waals surface area contributed by atoms with E-state index in [4.69, 9.17) is 24.0 Å². The zero-order valence-corrected chi connectivity index (χ0v) is 19.8. The molecule has 10 nitrogen and oxygen atoms in total. The van der Waals surface area contributed by atoms with Crippen molar-refractivity contribution in [2.24, 2.45) is 23.7 Å². The number of carbonyl (C=O) groups excluding carboxylic acids is 1. The number of aromatic amines is 1. The molecule has 4 saturated heterocycles. The number of ether oxygens (including phenoxy) is 4. The molecule has 184 valence electrons. The molecule has 8 atom stereocenters. The van der Waals surface area contributed by atoms with Gasteiger partial charge in [0.2, 0.25) is 18.0 Å². The van der Waals surface area contributed by atoms with Crippen molar-refractivity contribution in [3.05, 3.63) is 18.2 Å². The highest BCUT2D eigenvalue weighted by Gasteiger charge is 2.69. The molecule has 1 aliphatic carbocycles. The van der Waals surface area contributed by atoms with Crippen molar-refractivity contribution in [3.63, 3.8) is 0 Å². The second-order valence-corrected chi connectivity index (χ2v) is 10.3. The monoisotopic (exact) mass is 473 g/mol. The van der Waals surface area contributed by atoms with Crippen LogP contribution in [-0.4, -0.2) is 47.1 Å². The Bertz CT molecular complexity index is 1110. The highest BCUT2D eigenvalue weighted by molar-refractivity contribution is 5.86. The van der Waals surface area contributed by atoms with Crippen molar-refractivity contribution >= 4 is 23.1 Å². The molecule has 3 unspecified atom stereocenters. The topological polar surface area (TPSA) is 113 Å². The third-order valence-electron chi connectivity index (χ3n) is 8.21. The van der Waals surface area contributed by atoms with E-state index in [1.54, 1.807) is 0 Å². The van der Waals surface area contributed by atoms with E-state index >= 15 is 0 Å². The molecule has 5 fully saturated rings. The first-order chi connectivity index (χ1) is 16.3. The van der Waals surface area contributed by atoms with Gasteiger partial charge >= 0.3 is 6.09 Å². The number of rotatable bonds is 3. The molecule has 5 aliphatic rings. The summed E-state index contributed by atoms with van der Waals surface area (Å²) in [5, 5.41) is 2.54. The van der Waals surface area contributed by atoms with Crippen LogP contribution < -0.4 is 10.1 Å². The zero-order valence-electron chi connectivity index (χ0n) is 19.8. The molecule has 1 aromatic carbocycles. The molecule has 2 N–H and O–H groups in total. The van der Waals surface area contributed by atoms with Crippen LogP contribution in [0, 0.1) is 23.7 Å². The number of amides is 1. The van der Waals surface area contributed by atoms with Gasteiger partial charge in [-0.2, -0.15) is 0 Å². The summed E-state index contributed by atoms with van der Waals surface area (Å²) in [6.07, 6.45) is 2.25. The van der Waals surface area contributed by atoms with Crippen LogP contribution in [0.5, 0.6) is 5.75 Å². The molecule has 2 aromatic rings. The summed E-state index contributed by atoms with van der Waals surface area (Å²) in [5.74, 6) is 1.19. The van der Waals surface area contributed by atoms with E-state index in [1.165, 1.54) is 7.11 Å². The van der Waals surface area contributed by atoms with Gasteiger partial charge in [0.15, 0.2) is 11.9 Å². The Kier molecular flexibility index (Phi) is 5.07. The quantitative estimate of drug-likeness (QED) is 0.634. The average molecular weight is 474 g/mol. The molecule has 1 amide bonds. The lowest BCUT2D eigenvalue weighted by molar-refractivity contribution is -0.575. The van der Waals surface area contributed by atoms with Gasteiger partial charge in [-0.1, -0.05) is 13.8 Å². The van der Waals surface area contributed by atoms with Crippen LogP contribution >= 0.6 is 0 Å². The molecule has 34 heavy (non-hydrogen) atoms. The maximum absolute atomic E-state index is 11.5. The molecule has 1 saturated carbocycles. The Morgan fingerprint density at radius 2 is 2.06 bits per heavy atom. The summed E-state index contributed by atoms with van der Waals surface area (Å²) in [4.78, 5) is 31.0. The Morgan fingerprint density at radius 1 is 1.21 bits per heavy atom. The van der Waals surface area contributed by atoms with E-state index < -0.39 is 30.1 Å². The summed E-state index contributed by atoms with van der Waals surface area (Å²) >= 11 is 0. The zero-order chi connectivity index (χ0) is 23.7. The highest BCUT2D eigenvalue weighted by Crippen LogP contribution is 2.60. The molecule has 0 radical (unpaired) electrons. The Labute approximate surface area is 197 Å². The largest absolute Gasteiger partial charge is 0.464 e. The lowest BCUT2D eigenvalue weighted by Crippen LogP contribution is -2.70. The minimum absolute atomic E-state index is 0.0647. The Hall–Kier alpha value is -2.40. The number of methoxy groups -OCH3 is 1. The van der Waals surface area contributed by atoms with E-state index in [0.29, 0.717) is 29.1 Å². The van der Waals surface area contributed by atoms with Crippen molar-refractivity contribution in [1.29, 1.82) is 0 Å². The molecule has 2 bridgehead atoms. The molecule has 4 aliphatic heterocycles. The Balaban J connectivity index is 1.27. The van der Waals surface area contributed by atoms with E-state index in [2.05, 4.69) is 33.9 Å². The van der Waals surface area contributed by atoms with Crippen molar-refractivity contribution in [1.82, 2.24) is 9.97 Å². The number of fused-ring (bicyclic) bond motifs is 3. The standard InChI is InChI=1S/C24H31N3O7/c1-12-5-7-16-13(2)19(31-20-24(16)15(12)9-10-23(3,32-20)33-34-24)30-14-6-8-17-18(11-14)26-21(25-17)27-22(28)29-4/h6,8,11-13,15-16,19-20H,5,7,9-10H2,1-4H3,(H2,25,26,27,28)/t12-,13-,15+,16?,19?,20-,23?,24-/m1/s1. The predicted molar refractivity (Wildman–Crippen MR) is 120 cm³/mol. The minimum Gasteiger partial charge on any atom is -0.464 e. The van der Waals surface area contributed by atoms with Crippen LogP contribution in [0.25, 0.3) is 11.0 Å². The number of carbonyl (C=O) groups is 1. The van der Waals surface area contributed by atoms with Crippen LogP contribution in [0.4, 0.5) is 10.7 Å². The van der Waals surface area contributed by atoms with Gasteiger partial charge in [0.25, 0.3) is 0 Å². The Morgan fingerprint density at radius 3 is 2.88 bits per heavy atom. The minimum atomic E-state index is -0.819. The van der Waals surface area contributed by atoms with Crippen molar-refractivity contribution in [2.45, 2.75) is 70.4 Å². The first-order valence-electron chi connectivity index (χ1n) is 12.0. The van der Waals surface area contributed by atoms with Gasteiger partial charge in [-0.3, -0.25) is 5.32 Å². The van der Waals surface area contributed by atoms with Gasteiger partial charge in [0.05, 0.1) is 18.1 Å². The number of anilines is 1. The van der Waals surface area contributed by atoms with Gasteiger partial charge in [-0.05, 0) is 50.2 Å². The number of nitrogens with zero attached hydrogens (tertiary/aromatic N) is 1. The second-order valence-electron chi connectivity index (χ2n) is 10.3. The van der Waals surface area contributed by atoms with Crippen LogP contribution in [0.2, 0.25) is 0 Å². The number of imidazole rings is 1. The fourth-order valence-corrected chi connectivity index (χ4v) is 6.41. The van der Waals surface area contributed by atoms with Crippen LogP contribution in [-0.2, 0) is 24.0 Å². The van der Waals surface area contributed by atoms with Crippen molar-refractivity contribution in [3.8, 4) is 5.75 Å². The predicted octanol–water partition coefficient (Wildman–Crippen LogP) is 4.33. The van der Waals surface area contributed by atoms with Crippen LogP contribution in [0.3, 0.4) is 0 Å². The summed E-state index contributed by atoms with van der Waals surface area (Å²) in [7, 11) is 1.30. The molecule has 1 spiro atoms. The smallest absolute Gasteiger partial charge is 0.413 e. The van der Waals surface area contributed by atoms with Crippen LogP contribution in [0.15, 0.2) is 18.2 Å². The molecule has 5 heterocycles. The lowest BCUT2D eigenvalue weighted by atomic mass is 9.58. The summed E-state index contributed by atoms with van der Waals surface area (Å²) < 4.78 is 23.9. The number of aromatic nitrogens is 2. The maximum atomic E-state index is 11.5. The first kappa shape index (κ1) is 22.1. The first-order valence-corrected chi connectivity index (χ1v) is 12.0. The third kappa shape index (κ3) is 3.30. The van der Waals surface area contributed by atoms with Crippen LogP contribution in [0.1, 0.15) is 46.5 Å². The van der Waals surface area contributed by atoms with E-state index in [1.807, 2.05) is 25.1 Å². The fourth-order valence-electron chi connectivity index (χ4n) is 6.41. The van der Waals surface area contributed by atoms with Gasteiger partial charge in [-0.15, -0.1) is 0 Å². The molecule has 1 aromatic heterocycles. The van der Waals surface area contributed by atoms with Gasteiger partial charge < -0.3 is 23.9 Å². The second kappa shape index (κ2) is 7.81. The molecule has 10 heteroatoms. The molecular weight excluding hydrogens is 442 g/mol. The van der Waals surface area contributed by atoms with E-state index in [-0.39, 0.29) is 11.8 Å². The number of hydrogen-bond acceptors (Lipinski definition) is 8. The summed E-state index contributed by atoms with van der Waals surface area (Å²) in [6, 6.07) is 5.52. The maximum Gasteiger partial charge on any atom is 0.413 e. The summed E-state index contributed by atoms with van der Waals surface area (Å²) in [6.45, 7) is 6.37. The van der Waals surface area contributed by atoms with Crippen molar-refractivity contribution < 1.29 is 33.5 Å². The number of benzene rings is 1. The van der Waals surface area contributed by atoms with E-state index in [9.17, 15) is 4.79 Å². The van der Waals surface area contributed by atoms with Crippen molar-refractivity contribution in [2.75, 3.05) is 12.4 Å². The normalized spacial score (nSPS) is 40.9. The third-order valence-corrected chi connectivity index (χ3v) is 8.21. The average Bonchev–Trinajstić information content (AvgIpc) is 3.07.